The minimum Gasteiger partial charge on any atom is -0.462 e. The molecule has 0 bridgehead atoms. The van der Waals surface area contributed by atoms with Crippen LogP contribution in [0.3, 0.4) is 0 Å². The first-order valence-electron chi connectivity index (χ1n) is 14.2. The van der Waals surface area contributed by atoms with Gasteiger partial charge in [0.05, 0.1) is 0 Å². The van der Waals surface area contributed by atoms with Gasteiger partial charge in [0.2, 0.25) is 0 Å². The second-order valence-electron chi connectivity index (χ2n) is 11.8. The second-order valence-corrected chi connectivity index (χ2v) is 24.3. The number of carbonyl (C=O) groups excluding carboxylic acids is 4. The van der Waals surface area contributed by atoms with Gasteiger partial charge in [0.15, 0.2) is 16.6 Å². The molecule has 10 nitrogen and oxygen atoms in total. The lowest BCUT2D eigenvalue weighted by Crippen LogP contribution is -2.52. The third-order valence-corrected chi connectivity index (χ3v) is 17.2. The Balaban J connectivity index is 4.24. The van der Waals surface area contributed by atoms with Crippen molar-refractivity contribution in [2.24, 2.45) is 0 Å². The number of unbranched alkanes of at least 4 members (excludes halogenated alkanes) is 2. The van der Waals surface area contributed by atoms with Gasteiger partial charge in [0, 0.05) is 24.0 Å². The lowest BCUT2D eigenvalue weighted by molar-refractivity contribution is -0.150. The van der Waals surface area contributed by atoms with Gasteiger partial charge in [-0.2, -0.15) is 0 Å². The van der Waals surface area contributed by atoms with E-state index in [4.69, 9.17) is 27.2 Å². The Kier molecular flexibility index (Phi) is 18.2. The topological polar surface area (TPSA) is 124 Å². The molecule has 0 heterocycles. The Labute approximate surface area is 249 Å². The van der Waals surface area contributed by atoms with Crippen molar-refractivity contribution in [2.45, 2.75) is 104 Å². The average molecular weight is 633 g/mol. The molecule has 0 aromatic rings. The molecule has 0 fully saturated rings. The standard InChI is InChI=1S/C28H52O10Si3/c1-23(2)27(31)35-19-17-33-25(29)15-11-13-21-39(5,6)37-41(9,10)38-40(7,8)22-14-12-16-26(30)34-18-20-36-28(32)24(3)4/h1,3,11-22H2,2,4-10H3. The Morgan fingerprint density at radius 2 is 0.854 bits per heavy atom. The molecular formula is C28H52O10Si3. The van der Waals surface area contributed by atoms with Crippen LogP contribution in [0, 0.1) is 0 Å². The van der Waals surface area contributed by atoms with E-state index in [1.807, 2.05) is 0 Å². The smallest absolute Gasteiger partial charge is 0.333 e. The second kappa shape index (κ2) is 19.2. The van der Waals surface area contributed by atoms with Gasteiger partial charge in [0.25, 0.3) is 0 Å². The normalized spacial score (nSPS) is 11.9. The summed E-state index contributed by atoms with van der Waals surface area (Å²) in [5.74, 6) is -1.60. The Morgan fingerprint density at radius 3 is 1.17 bits per heavy atom. The van der Waals surface area contributed by atoms with Crippen molar-refractivity contribution in [3.05, 3.63) is 24.3 Å². The molecule has 0 aromatic heterocycles. The van der Waals surface area contributed by atoms with Crippen LogP contribution in [0.2, 0.25) is 51.4 Å². The van der Waals surface area contributed by atoms with Crippen molar-refractivity contribution in [1.82, 2.24) is 0 Å². The third-order valence-electron chi connectivity index (χ3n) is 5.72. The van der Waals surface area contributed by atoms with E-state index in [-0.39, 0.29) is 38.4 Å². The van der Waals surface area contributed by atoms with Crippen molar-refractivity contribution in [3.63, 3.8) is 0 Å². The molecule has 0 spiro atoms. The summed E-state index contributed by atoms with van der Waals surface area (Å²) in [7, 11) is -6.38. The molecule has 0 aliphatic heterocycles. The highest BCUT2D eigenvalue weighted by Crippen LogP contribution is 2.27. The fourth-order valence-corrected chi connectivity index (χ4v) is 18.3. The van der Waals surface area contributed by atoms with Crippen LogP contribution >= 0.6 is 0 Å². The molecule has 0 saturated carbocycles. The molecule has 0 amide bonds. The van der Waals surface area contributed by atoms with Gasteiger partial charge >= 0.3 is 32.4 Å². The fourth-order valence-electron chi connectivity index (χ4n) is 4.06. The van der Waals surface area contributed by atoms with Crippen LogP contribution in [-0.2, 0) is 46.4 Å². The van der Waals surface area contributed by atoms with Crippen LogP contribution in [0.4, 0.5) is 0 Å². The largest absolute Gasteiger partial charge is 0.462 e. The van der Waals surface area contributed by atoms with Crippen LogP contribution in [0.5, 0.6) is 0 Å². The summed E-state index contributed by atoms with van der Waals surface area (Å²) in [6.07, 6.45) is 3.75. The number of ether oxygens (including phenoxy) is 4. The fraction of sp³-hybridized carbons (Fsp3) is 0.714. The summed E-state index contributed by atoms with van der Waals surface area (Å²) in [5, 5.41) is 0. The molecule has 0 unspecified atom stereocenters. The van der Waals surface area contributed by atoms with E-state index in [0.29, 0.717) is 36.8 Å². The first-order valence-corrected chi connectivity index (χ1v) is 23.3. The van der Waals surface area contributed by atoms with Gasteiger partial charge in [-0.3, -0.25) is 9.59 Å². The zero-order valence-electron chi connectivity index (χ0n) is 26.5. The molecular weight excluding hydrogens is 581 g/mol. The lowest BCUT2D eigenvalue weighted by atomic mass is 10.2. The van der Waals surface area contributed by atoms with Gasteiger partial charge in [-0.15, -0.1) is 0 Å². The maximum atomic E-state index is 11.9. The monoisotopic (exact) mass is 632 g/mol. The molecule has 0 atom stereocenters. The van der Waals surface area contributed by atoms with Crippen molar-refractivity contribution in [2.75, 3.05) is 26.4 Å². The molecule has 0 aromatic carbocycles. The van der Waals surface area contributed by atoms with Gasteiger partial charge < -0.3 is 27.2 Å². The summed E-state index contributed by atoms with van der Waals surface area (Å²) in [6.45, 7) is 23.1. The number of esters is 4. The van der Waals surface area contributed by atoms with E-state index in [1.165, 1.54) is 0 Å². The van der Waals surface area contributed by atoms with Crippen molar-refractivity contribution >= 4 is 49.1 Å². The maximum Gasteiger partial charge on any atom is 0.333 e. The number of hydrogen-bond acceptors (Lipinski definition) is 10. The number of carbonyl (C=O) groups is 4. The minimum absolute atomic E-state index is 0.0213. The molecule has 0 radical (unpaired) electrons. The van der Waals surface area contributed by atoms with Crippen molar-refractivity contribution in [3.8, 4) is 0 Å². The molecule has 41 heavy (non-hydrogen) atoms. The summed E-state index contributed by atoms with van der Waals surface area (Å²) < 4.78 is 33.3. The summed E-state index contributed by atoms with van der Waals surface area (Å²) in [4.78, 5) is 46.5. The Hall–Kier alpha value is -2.07. The molecule has 0 rings (SSSR count). The van der Waals surface area contributed by atoms with Crippen molar-refractivity contribution in [1.29, 1.82) is 0 Å². The predicted molar refractivity (Wildman–Crippen MR) is 165 cm³/mol. The highest BCUT2D eigenvalue weighted by atomic mass is 28.5. The zero-order chi connectivity index (χ0) is 31.7. The molecule has 0 aliphatic carbocycles. The average Bonchev–Trinajstić information content (AvgIpc) is 2.83. The Morgan fingerprint density at radius 1 is 0.537 bits per heavy atom. The SMILES string of the molecule is C=C(C)C(=O)OCCOC(=O)CCCC[Si](C)(C)O[Si](C)(C)O[Si](C)(C)CCCCC(=O)OCCOC(=O)C(=C)C. The highest BCUT2D eigenvalue weighted by molar-refractivity contribution is 6.87. The van der Waals surface area contributed by atoms with E-state index in [9.17, 15) is 19.2 Å². The van der Waals surface area contributed by atoms with E-state index in [1.54, 1.807) is 13.8 Å². The summed E-state index contributed by atoms with van der Waals surface area (Å²) >= 11 is 0. The first kappa shape index (κ1) is 38.9. The first-order chi connectivity index (χ1) is 18.9. The van der Waals surface area contributed by atoms with Gasteiger partial charge in [-0.25, -0.2) is 9.59 Å². The molecule has 0 saturated heterocycles. The van der Waals surface area contributed by atoms with E-state index >= 15 is 0 Å². The van der Waals surface area contributed by atoms with Gasteiger partial charge in [0.1, 0.15) is 26.4 Å². The predicted octanol–water partition coefficient (Wildman–Crippen LogP) is 5.80. The van der Waals surface area contributed by atoms with Crippen LogP contribution < -0.4 is 0 Å². The zero-order valence-corrected chi connectivity index (χ0v) is 29.5. The molecule has 13 heteroatoms. The number of rotatable bonds is 22. The molecule has 0 aliphatic rings. The van der Waals surface area contributed by atoms with Crippen LogP contribution in [0.25, 0.3) is 0 Å². The quantitative estimate of drug-likeness (QED) is 0.0476. The van der Waals surface area contributed by atoms with Crippen molar-refractivity contribution < 1.29 is 46.4 Å². The molecule has 0 N–H and O–H groups in total. The van der Waals surface area contributed by atoms with Crippen LogP contribution in [0.1, 0.15) is 52.4 Å². The van der Waals surface area contributed by atoms with E-state index < -0.39 is 37.1 Å². The maximum absolute atomic E-state index is 11.9. The van der Waals surface area contributed by atoms with Crippen LogP contribution in [-0.4, -0.2) is 75.5 Å². The number of hydrogen-bond donors (Lipinski definition) is 0. The van der Waals surface area contributed by atoms with Gasteiger partial charge in [-0.1, -0.05) is 26.0 Å². The van der Waals surface area contributed by atoms with E-state index in [2.05, 4.69) is 52.4 Å². The van der Waals surface area contributed by atoms with Gasteiger partial charge in [-0.05, 0) is 78.1 Å². The third kappa shape index (κ3) is 21.3. The minimum atomic E-state index is -2.37. The summed E-state index contributed by atoms with van der Waals surface area (Å²) in [5.41, 5.74) is 0.614. The van der Waals surface area contributed by atoms with Crippen LogP contribution in [0.15, 0.2) is 24.3 Å². The Bertz CT molecular complexity index is 830. The molecule has 236 valence electrons. The summed E-state index contributed by atoms with van der Waals surface area (Å²) in [6, 6.07) is 1.82. The lowest BCUT2D eigenvalue weighted by Gasteiger charge is -2.38. The van der Waals surface area contributed by atoms with E-state index in [0.717, 1.165) is 24.9 Å². The highest BCUT2D eigenvalue weighted by Gasteiger charge is 2.39.